The van der Waals surface area contributed by atoms with Gasteiger partial charge in [0.1, 0.15) is 0 Å². The summed E-state index contributed by atoms with van der Waals surface area (Å²) in [5, 5.41) is 11.6. The number of piperidine rings is 1. The van der Waals surface area contributed by atoms with Gasteiger partial charge in [-0.05, 0) is 31.8 Å². The molecule has 3 nitrogen and oxygen atoms in total. The van der Waals surface area contributed by atoms with Crippen molar-refractivity contribution in [3.05, 3.63) is 12.2 Å². The van der Waals surface area contributed by atoms with Crippen LogP contribution in [0.5, 0.6) is 0 Å². The van der Waals surface area contributed by atoms with E-state index in [4.69, 9.17) is 5.11 Å². The van der Waals surface area contributed by atoms with E-state index >= 15 is 0 Å². The maximum Gasteiger partial charge on any atom is 0.307 e. The standard InChI is InChI=1S/C9H15NO2/c11-9(12)3-1-2-8-4-6-10-7-5-8/h1-2,8,10H,3-7H2,(H,11,12)/b2-1+. The Hall–Kier alpha value is -0.830. The highest BCUT2D eigenvalue weighted by molar-refractivity contribution is 5.68. The molecule has 1 saturated heterocycles. The Labute approximate surface area is 72.5 Å². The highest BCUT2D eigenvalue weighted by Gasteiger charge is 2.08. The third-order valence-corrected chi connectivity index (χ3v) is 2.08. The summed E-state index contributed by atoms with van der Waals surface area (Å²) in [5.41, 5.74) is 0. The molecule has 1 rings (SSSR count). The van der Waals surface area contributed by atoms with Crippen molar-refractivity contribution in [3.8, 4) is 0 Å². The first kappa shape index (κ1) is 9.26. The van der Waals surface area contributed by atoms with E-state index < -0.39 is 5.97 Å². The molecule has 68 valence electrons. The molecule has 0 amide bonds. The summed E-state index contributed by atoms with van der Waals surface area (Å²) in [6.45, 7) is 2.12. The first-order valence-corrected chi connectivity index (χ1v) is 4.38. The fraction of sp³-hybridized carbons (Fsp3) is 0.667. The molecule has 2 N–H and O–H groups in total. The molecule has 0 radical (unpaired) electrons. The van der Waals surface area contributed by atoms with E-state index in [-0.39, 0.29) is 6.42 Å². The van der Waals surface area contributed by atoms with Crippen LogP contribution in [0.2, 0.25) is 0 Å². The van der Waals surface area contributed by atoms with Gasteiger partial charge in [0.2, 0.25) is 0 Å². The van der Waals surface area contributed by atoms with E-state index in [0.29, 0.717) is 5.92 Å². The van der Waals surface area contributed by atoms with Crippen molar-refractivity contribution >= 4 is 5.97 Å². The topological polar surface area (TPSA) is 49.3 Å². The minimum Gasteiger partial charge on any atom is -0.481 e. The van der Waals surface area contributed by atoms with Crippen molar-refractivity contribution in [1.82, 2.24) is 5.32 Å². The molecular weight excluding hydrogens is 154 g/mol. The molecule has 1 aliphatic rings. The lowest BCUT2D eigenvalue weighted by Crippen LogP contribution is -2.26. The van der Waals surface area contributed by atoms with Gasteiger partial charge in [0.15, 0.2) is 0 Å². The molecule has 0 atom stereocenters. The van der Waals surface area contributed by atoms with E-state index in [1.54, 1.807) is 6.08 Å². The third-order valence-electron chi connectivity index (χ3n) is 2.08. The van der Waals surface area contributed by atoms with Gasteiger partial charge < -0.3 is 10.4 Å². The maximum atomic E-state index is 10.2. The van der Waals surface area contributed by atoms with Gasteiger partial charge in [-0.1, -0.05) is 12.2 Å². The average Bonchev–Trinajstić information content (AvgIpc) is 2.05. The number of allylic oxidation sites excluding steroid dienone is 1. The fourth-order valence-electron chi connectivity index (χ4n) is 1.40. The molecule has 0 aromatic heterocycles. The van der Waals surface area contributed by atoms with Crippen LogP contribution >= 0.6 is 0 Å². The lowest BCUT2D eigenvalue weighted by atomic mass is 9.97. The van der Waals surface area contributed by atoms with Crippen molar-refractivity contribution < 1.29 is 9.90 Å². The summed E-state index contributed by atoms with van der Waals surface area (Å²) in [6, 6.07) is 0. The van der Waals surface area contributed by atoms with E-state index in [1.807, 2.05) is 6.08 Å². The Morgan fingerprint density at radius 2 is 2.17 bits per heavy atom. The second-order valence-corrected chi connectivity index (χ2v) is 3.11. The third kappa shape index (κ3) is 3.53. The number of nitrogens with one attached hydrogen (secondary N) is 1. The molecule has 3 heteroatoms. The molecule has 0 spiro atoms. The van der Waals surface area contributed by atoms with Gasteiger partial charge >= 0.3 is 5.97 Å². The molecule has 1 aliphatic heterocycles. The van der Waals surface area contributed by atoms with E-state index in [9.17, 15) is 4.79 Å². The number of hydrogen-bond donors (Lipinski definition) is 2. The molecular formula is C9H15NO2. The molecule has 0 aromatic rings. The lowest BCUT2D eigenvalue weighted by Gasteiger charge is -2.18. The number of hydrogen-bond acceptors (Lipinski definition) is 2. The molecule has 0 bridgehead atoms. The number of carboxylic acid groups (broad SMARTS) is 1. The molecule has 1 fully saturated rings. The van der Waals surface area contributed by atoms with Gasteiger partial charge in [-0.3, -0.25) is 4.79 Å². The monoisotopic (exact) mass is 169 g/mol. The first-order chi connectivity index (χ1) is 5.79. The van der Waals surface area contributed by atoms with E-state index in [1.165, 1.54) is 0 Å². The predicted octanol–water partition coefficient (Wildman–Crippen LogP) is 1.02. The van der Waals surface area contributed by atoms with Crippen LogP contribution < -0.4 is 5.32 Å². The van der Waals surface area contributed by atoms with Gasteiger partial charge in [0.05, 0.1) is 6.42 Å². The highest BCUT2D eigenvalue weighted by atomic mass is 16.4. The summed E-state index contributed by atoms with van der Waals surface area (Å²) in [4.78, 5) is 10.2. The number of carbonyl (C=O) groups is 1. The van der Waals surface area contributed by atoms with Crippen LogP contribution in [0.15, 0.2) is 12.2 Å². The number of carboxylic acids is 1. The normalized spacial score (nSPS) is 20.0. The zero-order chi connectivity index (χ0) is 8.81. The second-order valence-electron chi connectivity index (χ2n) is 3.11. The molecule has 12 heavy (non-hydrogen) atoms. The fourth-order valence-corrected chi connectivity index (χ4v) is 1.40. The van der Waals surface area contributed by atoms with E-state index in [2.05, 4.69) is 5.32 Å². The Kier molecular flexibility index (Phi) is 3.80. The highest BCUT2D eigenvalue weighted by Crippen LogP contribution is 2.12. The summed E-state index contributed by atoms with van der Waals surface area (Å²) >= 11 is 0. The zero-order valence-electron chi connectivity index (χ0n) is 7.12. The molecule has 0 saturated carbocycles. The Balaban J connectivity index is 2.19. The van der Waals surface area contributed by atoms with Gasteiger partial charge in [-0.15, -0.1) is 0 Å². The van der Waals surface area contributed by atoms with Gasteiger partial charge in [0, 0.05) is 0 Å². The van der Waals surface area contributed by atoms with Crippen molar-refractivity contribution in [3.63, 3.8) is 0 Å². The largest absolute Gasteiger partial charge is 0.481 e. The Morgan fingerprint density at radius 1 is 1.50 bits per heavy atom. The smallest absolute Gasteiger partial charge is 0.307 e. The molecule has 0 unspecified atom stereocenters. The summed E-state index contributed by atoms with van der Waals surface area (Å²) in [5.74, 6) is -0.161. The molecule has 1 heterocycles. The van der Waals surface area contributed by atoms with Gasteiger partial charge in [-0.25, -0.2) is 0 Å². The Morgan fingerprint density at radius 3 is 2.75 bits per heavy atom. The number of rotatable bonds is 3. The van der Waals surface area contributed by atoms with Crippen molar-refractivity contribution in [2.24, 2.45) is 5.92 Å². The average molecular weight is 169 g/mol. The Bertz CT molecular complexity index is 171. The zero-order valence-corrected chi connectivity index (χ0v) is 7.12. The van der Waals surface area contributed by atoms with E-state index in [0.717, 1.165) is 25.9 Å². The SMILES string of the molecule is O=C(O)C/C=C/C1CCNCC1. The van der Waals surface area contributed by atoms with Gasteiger partial charge in [0.25, 0.3) is 0 Å². The van der Waals surface area contributed by atoms with Crippen LogP contribution in [0.4, 0.5) is 0 Å². The minimum atomic E-state index is -0.750. The number of aliphatic carboxylic acids is 1. The summed E-state index contributed by atoms with van der Waals surface area (Å²) in [7, 11) is 0. The lowest BCUT2D eigenvalue weighted by molar-refractivity contribution is -0.136. The van der Waals surface area contributed by atoms with Crippen LogP contribution in [-0.4, -0.2) is 24.2 Å². The van der Waals surface area contributed by atoms with Crippen molar-refractivity contribution in [2.75, 3.05) is 13.1 Å². The van der Waals surface area contributed by atoms with Crippen LogP contribution in [0.3, 0.4) is 0 Å². The molecule has 0 aromatic carbocycles. The quantitative estimate of drug-likeness (QED) is 0.620. The second kappa shape index (κ2) is 4.93. The van der Waals surface area contributed by atoms with Crippen LogP contribution in [0, 0.1) is 5.92 Å². The predicted molar refractivity (Wildman–Crippen MR) is 47.0 cm³/mol. The van der Waals surface area contributed by atoms with Crippen LogP contribution in [0.25, 0.3) is 0 Å². The first-order valence-electron chi connectivity index (χ1n) is 4.38. The summed E-state index contributed by atoms with van der Waals surface area (Å²) < 4.78 is 0. The minimum absolute atomic E-state index is 0.157. The van der Waals surface area contributed by atoms with Crippen molar-refractivity contribution in [1.29, 1.82) is 0 Å². The van der Waals surface area contributed by atoms with Crippen LogP contribution in [0.1, 0.15) is 19.3 Å². The summed E-state index contributed by atoms with van der Waals surface area (Å²) in [6.07, 6.45) is 6.23. The molecule has 0 aliphatic carbocycles. The van der Waals surface area contributed by atoms with Crippen molar-refractivity contribution in [2.45, 2.75) is 19.3 Å². The van der Waals surface area contributed by atoms with Crippen LogP contribution in [-0.2, 0) is 4.79 Å². The van der Waals surface area contributed by atoms with Gasteiger partial charge in [-0.2, -0.15) is 0 Å². The maximum absolute atomic E-state index is 10.2.